The fourth-order valence-electron chi connectivity index (χ4n) is 7.70. The Morgan fingerprint density at radius 1 is 0.813 bits per heavy atom. The lowest BCUT2D eigenvalue weighted by molar-refractivity contribution is -0.156. The van der Waals surface area contributed by atoms with E-state index in [0.29, 0.717) is 74.2 Å². The van der Waals surface area contributed by atoms with Crippen LogP contribution in [0.25, 0.3) is 44.3 Å². The minimum Gasteiger partial charge on any atom is -0.480 e. The maximum Gasteiger partial charge on any atom is 0.320 e. The number of carboxylic acids is 1. The van der Waals surface area contributed by atoms with Gasteiger partial charge in [0.15, 0.2) is 0 Å². The Hall–Kier alpha value is -4.93. The molecule has 18 nitrogen and oxygen atoms in total. The number of rotatable bonds is 12. The summed E-state index contributed by atoms with van der Waals surface area (Å²) < 4.78 is 28.2. The maximum absolute atomic E-state index is 12.6. The van der Waals surface area contributed by atoms with Gasteiger partial charge in [-0.3, -0.25) is 29.0 Å². The number of anilines is 1. The predicted molar refractivity (Wildman–Crippen MR) is 307 cm³/mol. The second-order valence-corrected chi connectivity index (χ2v) is 21.2. The van der Waals surface area contributed by atoms with Gasteiger partial charge in [-0.15, -0.1) is 24.8 Å². The molecule has 2 fully saturated rings. The number of aromatic amines is 2. The lowest BCUT2D eigenvalue weighted by Gasteiger charge is -2.31. The third-order valence-electron chi connectivity index (χ3n) is 11.5. The zero-order chi connectivity index (χ0) is 53.5. The molecule has 2 aliphatic rings. The number of pyridine rings is 2. The summed E-state index contributed by atoms with van der Waals surface area (Å²) in [5.41, 5.74) is 7.30. The van der Waals surface area contributed by atoms with Gasteiger partial charge in [0.1, 0.15) is 16.9 Å². The lowest BCUT2D eigenvalue weighted by Crippen LogP contribution is -2.40. The minimum atomic E-state index is -3.54. The Morgan fingerprint density at radius 2 is 1.27 bits per heavy atom. The second kappa shape index (κ2) is 30.1. The van der Waals surface area contributed by atoms with Crippen molar-refractivity contribution in [3.05, 3.63) is 104 Å². The highest BCUT2D eigenvalue weighted by atomic mass is 35.5. The summed E-state index contributed by atoms with van der Waals surface area (Å²) in [5.74, 6) is 0.601. The quantitative estimate of drug-likeness (QED) is 0.0625. The Balaban J connectivity index is 0.000000292. The Kier molecular flexibility index (Phi) is 25.9. The molecule has 2 saturated heterocycles. The van der Waals surface area contributed by atoms with E-state index in [0.717, 1.165) is 70.0 Å². The van der Waals surface area contributed by atoms with E-state index in [2.05, 4.69) is 40.1 Å². The number of aromatic nitrogens is 6. The minimum absolute atomic E-state index is 0. The number of nitrogens with zero attached hydrogens (tertiary/aromatic N) is 6. The molecule has 393 valence electrons. The number of ether oxygens (including phenoxy) is 1. The number of piperidine rings is 2. The Labute approximate surface area is 464 Å². The number of nitrogens with one attached hydrogen (secondary N) is 3. The maximum atomic E-state index is 12.6. The molecule has 0 aliphatic carbocycles. The van der Waals surface area contributed by atoms with Gasteiger partial charge < -0.3 is 30.9 Å². The summed E-state index contributed by atoms with van der Waals surface area (Å²) >= 11 is 12.3. The van der Waals surface area contributed by atoms with Crippen molar-refractivity contribution in [2.75, 3.05) is 63.9 Å². The van der Waals surface area contributed by atoms with E-state index in [1.807, 2.05) is 37.8 Å². The van der Waals surface area contributed by atoms with Crippen molar-refractivity contribution < 1.29 is 27.9 Å². The molecule has 7 radical (unpaired) electrons. The van der Waals surface area contributed by atoms with Crippen molar-refractivity contribution in [2.45, 2.75) is 57.2 Å². The summed E-state index contributed by atoms with van der Waals surface area (Å²) in [7, 11) is 12.3. The molecule has 2 aliphatic heterocycles. The van der Waals surface area contributed by atoms with Gasteiger partial charge in [-0.05, 0) is 115 Å². The number of H-pyrrole nitrogens is 2. The van der Waals surface area contributed by atoms with Crippen LogP contribution in [0.3, 0.4) is 0 Å². The normalized spacial score (nSPS) is 14.2. The number of hydrogen-bond acceptors (Lipinski definition) is 15. The number of carboxylic acid groups (broad SMARTS) is 1. The zero-order valence-electron chi connectivity index (χ0n) is 42.0. The molecule has 0 amide bonds. The van der Waals surface area contributed by atoms with Gasteiger partial charge in [-0.25, -0.2) is 23.4 Å². The number of esters is 1. The smallest absolute Gasteiger partial charge is 0.320 e. The summed E-state index contributed by atoms with van der Waals surface area (Å²) in [6.45, 7) is 11.1. The summed E-state index contributed by atoms with van der Waals surface area (Å²) in [4.78, 5) is 73.2. The zero-order valence-corrected chi connectivity index (χ0v) is 46.0. The number of carbonyl (C=O) groups is 2. The molecule has 8 rings (SSSR count). The molecule has 0 unspecified atom stereocenters. The van der Waals surface area contributed by atoms with Crippen LogP contribution in [0.1, 0.15) is 46.5 Å². The Morgan fingerprint density at radius 3 is 1.71 bits per heavy atom. The van der Waals surface area contributed by atoms with Gasteiger partial charge in [-0.1, -0.05) is 59.6 Å². The van der Waals surface area contributed by atoms with Crippen molar-refractivity contribution in [2.24, 2.45) is 17.6 Å². The largest absolute Gasteiger partial charge is 0.480 e. The van der Waals surface area contributed by atoms with Gasteiger partial charge in [0, 0.05) is 105 Å². The van der Waals surface area contributed by atoms with E-state index in [1.54, 1.807) is 54.7 Å². The first-order valence-electron chi connectivity index (χ1n) is 23.4. The van der Waals surface area contributed by atoms with Gasteiger partial charge in [0.05, 0.1) is 13.1 Å². The standard InChI is InChI=1S/C21H22ClN5O3.C14H10ClN3O3S.C12H24N2O2.B5.2ClH/c22-17-4-2-1-3-15(17)16-9-14-11-24-21(26-19(14)25-20(16)30)23-10-13-5-7-27(8-6-13)12-18(28)29;1-22(20,21)14-16-7-8-6-10(13(19)17-12(8)18-14)9-4-2-3-5-11(9)15;1-12(2,3)16-11(15)9-14-6-4-10(8-13)5-7-14;1-4-5(2)3;;/h1-4,9,11,13H,5-8,10,12H2,(H,28,29)(H2,23,24,25,26,30);2-7H,1H3,(H,16,17,18,19);10H,4-9,13H2,1-3H3;;2*1H. The van der Waals surface area contributed by atoms with Crippen LogP contribution >= 0.6 is 48.0 Å². The molecule has 0 saturated carbocycles. The molecule has 0 bridgehead atoms. The molecule has 6 N–H and O–H groups in total. The summed E-state index contributed by atoms with van der Waals surface area (Å²) in [6, 6.07) is 17.5. The number of hydrogen-bond donors (Lipinski definition) is 5. The van der Waals surface area contributed by atoms with Crippen molar-refractivity contribution in [3.63, 3.8) is 0 Å². The van der Waals surface area contributed by atoms with E-state index in [1.165, 1.54) is 13.3 Å². The highest BCUT2D eigenvalue weighted by molar-refractivity contribution is 7.90. The van der Waals surface area contributed by atoms with Crippen molar-refractivity contribution in [3.8, 4) is 22.3 Å². The number of likely N-dealkylation sites (tertiary alicyclic amines) is 2. The topological polar surface area (TPSA) is 260 Å². The van der Waals surface area contributed by atoms with E-state index in [-0.39, 0.29) is 59.3 Å². The van der Waals surface area contributed by atoms with Crippen LogP contribution in [0.2, 0.25) is 10.0 Å². The average molecular weight is 1120 g/mol. The molecule has 2 aromatic carbocycles. The van der Waals surface area contributed by atoms with Gasteiger partial charge in [0.25, 0.3) is 11.1 Å². The third-order valence-corrected chi connectivity index (χ3v) is 13.0. The number of aliphatic carboxylic acids is 1. The predicted octanol–water partition coefficient (Wildman–Crippen LogP) is 4.83. The summed E-state index contributed by atoms with van der Waals surface area (Å²) in [6.07, 6.45) is 7.61. The molecule has 28 heteroatoms. The van der Waals surface area contributed by atoms with Crippen LogP contribution in [0.5, 0.6) is 0 Å². The monoisotopic (exact) mass is 1120 g/mol. The fourth-order valence-corrected chi connectivity index (χ4v) is 8.68. The van der Waals surface area contributed by atoms with Crippen LogP contribution in [0, 0.1) is 11.8 Å². The number of carbonyl (C=O) groups excluding carboxylic acids is 1. The molecule has 4 aromatic heterocycles. The second-order valence-electron chi connectivity index (χ2n) is 18.5. The fraction of sp³-hybridized carbons (Fsp3) is 0.404. The molecular formula is C47H58B5Cl4N10O8S. The first-order valence-corrected chi connectivity index (χ1v) is 26.1. The molecule has 0 atom stereocenters. The molecular weight excluding hydrogens is 1060 g/mol. The van der Waals surface area contributed by atoms with Crippen LogP contribution in [-0.4, -0.2) is 166 Å². The first kappa shape index (κ1) is 64.4. The van der Waals surface area contributed by atoms with Crippen molar-refractivity contribution in [1.82, 2.24) is 39.7 Å². The average Bonchev–Trinajstić information content (AvgIpc) is 3.33. The molecule has 6 heterocycles. The lowest BCUT2D eigenvalue weighted by atomic mass is 8.97. The molecule has 6 aromatic rings. The first-order chi connectivity index (χ1) is 34.5. The SMILES string of the molecule is CC(C)(C)OC(=O)CN1CCC(CN)CC1.CS(=O)(=O)c1ncc2cc(-c3ccccc3Cl)c(=O)[nH]c2n1.Cl.Cl.O=C(O)CN1CCC(CNc2ncc3cc(-c4ccccc4Cl)c(=O)[nH]c3n2)CC1.[B][B]B([B])[B]. The van der Waals surface area contributed by atoms with Crippen LogP contribution in [-0.2, 0) is 24.2 Å². The molecule has 75 heavy (non-hydrogen) atoms. The van der Waals surface area contributed by atoms with Crippen molar-refractivity contribution in [1.29, 1.82) is 0 Å². The number of halogens is 4. The van der Waals surface area contributed by atoms with Gasteiger partial charge in [-0.2, -0.15) is 4.98 Å². The van der Waals surface area contributed by atoms with E-state index < -0.39 is 27.8 Å². The van der Waals surface area contributed by atoms with E-state index in [9.17, 15) is 27.6 Å². The van der Waals surface area contributed by atoms with Crippen LogP contribution in [0.15, 0.2) is 87.8 Å². The van der Waals surface area contributed by atoms with Gasteiger partial charge >= 0.3 is 11.9 Å². The van der Waals surface area contributed by atoms with Crippen LogP contribution < -0.4 is 22.2 Å². The van der Waals surface area contributed by atoms with Gasteiger partial charge in [0.2, 0.25) is 20.9 Å². The Bertz CT molecular complexity index is 3070. The summed E-state index contributed by atoms with van der Waals surface area (Å²) in [5, 5.41) is 14.0. The number of sulfone groups is 1. The highest BCUT2D eigenvalue weighted by Gasteiger charge is 2.24. The van der Waals surface area contributed by atoms with Crippen molar-refractivity contribution >= 4 is 134 Å². The van der Waals surface area contributed by atoms with E-state index >= 15 is 0 Å². The number of benzene rings is 2. The third kappa shape index (κ3) is 20.5. The number of fused-ring (bicyclic) bond motifs is 2. The van der Waals surface area contributed by atoms with Crippen LogP contribution in [0.4, 0.5) is 5.95 Å². The number of nitrogens with two attached hydrogens (primary N) is 1. The highest BCUT2D eigenvalue weighted by Crippen LogP contribution is 2.28. The molecule has 0 spiro atoms. The van der Waals surface area contributed by atoms with E-state index in [4.69, 9.17) is 62.0 Å².